The molecule has 1 N–H and O–H groups in total. The Morgan fingerprint density at radius 1 is 1.21 bits per heavy atom. The number of benzene rings is 1. The van der Waals surface area contributed by atoms with Crippen molar-refractivity contribution in [2.45, 2.75) is 12.8 Å². The molecule has 1 aromatic rings. The topological polar surface area (TPSA) is 40.5 Å². The van der Waals surface area contributed by atoms with Gasteiger partial charge in [0.25, 0.3) is 0 Å². The molecule has 2 radical (unpaired) electrons. The largest absolute Gasteiger partial charge is 0.478 e. The molecule has 0 atom stereocenters. The minimum absolute atomic E-state index is 0.281. The number of hydrogen-bond donors (Lipinski definition) is 1. The van der Waals surface area contributed by atoms with E-state index in [-0.39, 0.29) is 5.56 Å². The zero-order valence-electron chi connectivity index (χ0n) is 10.8. The second-order valence-electron chi connectivity index (χ2n) is 4.62. The molecular formula is C15H16BNO2. The molecule has 2 rings (SSSR count). The highest BCUT2D eigenvalue weighted by atomic mass is 16.4. The highest BCUT2D eigenvalue weighted by molar-refractivity contribution is 6.42. The predicted molar refractivity (Wildman–Crippen MR) is 77.1 cm³/mol. The van der Waals surface area contributed by atoms with Gasteiger partial charge in [-0.25, -0.2) is 4.79 Å². The second-order valence-corrected chi connectivity index (χ2v) is 4.62. The molecule has 19 heavy (non-hydrogen) atoms. The van der Waals surface area contributed by atoms with Gasteiger partial charge in [0.05, 0.1) is 5.56 Å². The van der Waals surface area contributed by atoms with Crippen LogP contribution in [0.5, 0.6) is 0 Å². The van der Waals surface area contributed by atoms with Gasteiger partial charge < -0.3 is 10.0 Å². The Morgan fingerprint density at radius 3 is 2.21 bits per heavy atom. The van der Waals surface area contributed by atoms with Crippen molar-refractivity contribution in [2.24, 2.45) is 0 Å². The summed E-state index contributed by atoms with van der Waals surface area (Å²) in [5, 5.41) is 8.86. The fraction of sp³-hybridized carbons (Fsp3) is 0.267. The van der Waals surface area contributed by atoms with Crippen LogP contribution < -0.4 is 0 Å². The molecule has 0 unspecified atom stereocenters. The standard InChI is InChI=1S/C15H16BNO2/c1-2-17-9-7-12(8-10-17)14(16)11-3-5-13(6-4-11)15(18)19/h2-6H,1,7-10H2,(H,18,19). The lowest BCUT2D eigenvalue weighted by Gasteiger charge is -2.28. The summed E-state index contributed by atoms with van der Waals surface area (Å²) in [6.45, 7) is 5.64. The molecule has 96 valence electrons. The van der Waals surface area contributed by atoms with E-state index in [2.05, 4.69) is 11.5 Å². The van der Waals surface area contributed by atoms with Gasteiger partial charge in [-0.05, 0) is 36.7 Å². The van der Waals surface area contributed by atoms with Crippen LogP contribution >= 0.6 is 0 Å². The zero-order chi connectivity index (χ0) is 13.8. The fourth-order valence-corrected chi connectivity index (χ4v) is 2.24. The molecule has 1 heterocycles. The van der Waals surface area contributed by atoms with Crippen LogP contribution in [0.4, 0.5) is 0 Å². The summed E-state index contributed by atoms with van der Waals surface area (Å²) in [6, 6.07) is 6.71. The Kier molecular flexibility index (Phi) is 4.10. The summed E-state index contributed by atoms with van der Waals surface area (Å²) in [6.07, 6.45) is 3.71. The molecule has 0 aromatic heterocycles. The van der Waals surface area contributed by atoms with E-state index in [0.29, 0.717) is 0 Å². The molecule has 0 saturated carbocycles. The summed E-state index contributed by atoms with van der Waals surface area (Å²) < 4.78 is 0. The molecule has 0 amide bonds. The van der Waals surface area contributed by atoms with Gasteiger partial charge in [0.1, 0.15) is 7.85 Å². The molecule has 0 aliphatic carbocycles. The maximum Gasteiger partial charge on any atom is 0.335 e. The molecule has 1 saturated heterocycles. The number of hydrogen-bond acceptors (Lipinski definition) is 2. The molecule has 1 aliphatic rings. The van der Waals surface area contributed by atoms with Gasteiger partial charge in [0.15, 0.2) is 0 Å². The van der Waals surface area contributed by atoms with Gasteiger partial charge in [-0.1, -0.05) is 29.8 Å². The molecule has 0 spiro atoms. The van der Waals surface area contributed by atoms with E-state index in [0.717, 1.165) is 37.0 Å². The van der Waals surface area contributed by atoms with Crippen LogP contribution in [-0.2, 0) is 0 Å². The first-order valence-electron chi connectivity index (χ1n) is 6.29. The minimum Gasteiger partial charge on any atom is -0.478 e. The van der Waals surface area contributed by atoms with Crippen molar-refractivity contribution in [1.29, 1.82) is 0 Å². The van der Waals surface area contributed by atoms with Crippen LogP contribution in [0.25, 0.3) is 5.47 Å². The van der Waals surface area contributed by atoms with Crippen molar-refractivity contribution >= 4 is 19.3 Å². The van der Waals surface area contributed by atoms with Gasteiger partial charge in [0, 0.05) is 13.1 Å². The third kappa shape index (κ3) is 3.08. The first kappa shape index (κ1) is 13.5. The fourth-order valence-electron chi connectivity index (χ4n) is 2.24. The van der Waals surface area contributed by atoms with Gasteiger partial charge >= 0.3 is 5.97 Å². The first-order chi connectivity index (χ1) is 9.11. The van der Waals surface area contributed by atoms with Crippen molar-refractivity contribution in [3.05, 3.63) is 53.7 Å². The van der Waals surface area contributed by atoms with Crippen molar-refractivity contribution < 1.29 is 9.90 Å². The van der Waals surface area contributed by atoms with Crippen LogP contribution in [0.15, 0.2) is 42.6 Å². The summed E-state index contributed by atoms with van der Waals surface area (Å²) >= 11 is 0. The Morgan fingerprint density at radius 2 is 1.74 bits per heavy atom. The SMILES string of the molecule is [B]C(=C1CCN(C=C)CC1)c1ccc(C(=O)O)cc1. The molecule has 3 nitrogen and oxygen atoms in total. The number of carboxylic acids is 1. The third-order valence-electron chi connectivity index (χ3n) is 3.48. The van der Waals surface area contributed by atoms with E-state index in [1.807, 2.05) is 6.20 Å². The Labute approximate surface area is 114 Å². The van der Waals surface area contributed by atoms with Crippen molar-refractivity contribution in [2.75, 3.05) is 13.1 Å². The van der Waals surface area contributed by atoms with Crippen LogP contribution in [0.1, 0.15) is 28.8 Å². The minimum atomic E-state index is -0.919. The highest BCUT2D eigenvalue weighted by Gasteiger charge is 2.13. The van der Waals surface area contributed by atoms with Crippen LogP contribution in [0, 0.1) is 0 Å². The summed E-state index contributed by atoms with van der Waals surface area (Å²) in [5.74, 6) is -0.919. The summed E-state index contributed by atoms with van der Waals surface area (Å²) in [5.41, 5.74) is 3.19. The Bertz CT molecular complexity index is 509. The number of piperidine rings is 1. The van der Waals surface area contributed by atoms with E-state index in [4.69, 9.17) is 13.0 Å². The average molecular weight is 253 g/mol. The molecule has 1 aliphatic heterocycles. The second kappa shape index (κ2) is 5.78. The maximum absolute atomic E-state index is 10.8. The van der Waals surface area contributed by atoms with Crippen molar-refractivity contribution in [1.82, 2.24) is 4.90 Å². The van der Waals surface area contributed by atoms with Gasteiger partial charge in [-0.2, -0.15) is 0 Å². The maximum atomic E-state index is 10.8. The monoisotopic (exact) mass is 253 g/mol. The lowest BCUT2D eigenvalue weighted by atomic mass is 9.81. The molecule has 1 fully saturated rings. The van der Waals surface area contributed by atoms with Gasteiger partial charge in [0.2, 0.25) is 0 Å². The number of nitrogens with zero attached hydrogens (tertiary/aromatic N) is 1. The number of carboxylic acid groups (broad SMARTS) is 1. The van der Waals surface area contributed by atoms with Crippen molar-refractivity contribution in [3.63, 3.8) is 0 Å². The lowest BCUT2D eigenvalue weighted by Crippen LogP contribution is -2.25. The van der Waals surface area contributed by atoms with E-state index < -0.39 is 5.97 Å². The third-order valence-corrected chi connectivity index (χ3v) is 3.48. The lowest BCUT2D eigenvalue weighted by molar-refractivity contribution is 0.0697. The van der Waals surface area contributed by atoms with Crippen LogP contribution in [0.3, 0.4) is 0 Å². The quantitative estimate of drug-likeness (QED) is 0.841. The zero-order valence-corrected chi connectivity index (χ0v) is 10.8. The van der Waals surface area contributed by atoms with Gasteiger partial charge in [-0.3, -0.25) is 0 Å². The smallest absolute Gasteiger partial charge is 0.335 e. The molecule has 0 bridgehead atoms. The number of carbonyl (C=O) groups is 1. The number of aromatic carboxylic acids is 1. The number of likely N-dealkylation sites (tertiary alicyclic amines) is 1. The van der Waals surface area contributed by atoms with E-state index >= 15 is 0 Å². The molecule has 1 aromatic carbocycles. The number of rotatable bonds is 3. The molecule has 4 heteroatoms. The van der Waals surface area contributed by atoms with Crippen molar-refractivity contribution in [3.8, 4) is 0 Å². The molecular weight excluding hydrogens is 237 g/mol. The van der Waals surface area contributed by atoms with Crippen LogP contribution in [-0.4, -0.2) is 36.9 Å². The normalized spacial score (nSPS) is 15.2. The van der Waals surface area contributed by atoms with E-state index in [1.54, 1.807) is 24.3 Å². The Balaban J connectivity index is 2.17. The van der Waals surface area contributed by atoms with E-state index in [1.165, 1.54) is 5.57 Å². The van der Waals surface area contributed by atoms with E-state index in [9.17, 15) is 4.79 Å². The van der Waals surface area contributed by atoms with Gasteiger partial charge in [-0.15, -0.1) is 0 Å². The highest BCUT2D eigenvalue weighted by Crippen LogP contribution is 2.24. The summed E-state index contributed by atoms with van der Waals surface area (Å²) in [7, 11) is 6.17. The first-order valence-corrected chi connectivity index (χ1v) is 6.29. The Hall–Kier alpha value is -1.97. The summed E-state index contributed by atoms with van der Waals surface area (Å²) in [4.78, 5) is 13.0. The predicted octanol–water partition coefficient (Wildman–Crippen LogP) is 2.50. The van der Waals surface area contributed by atoms with Crippen LogP contribution in [0.2, 0.25) is 0 Å². The average Bonchev–Trinajstić information content (AvgIpc) is 2.46.